The van der Waals surface area contributed by atoms with Crippen molar-refractivity contribution in [2.45, 2.75) is 19.8 Å². The maximum Gasteiger partial charge on any atom is 0.220 e. The molecule has 0 aliphatic carbocycles. The van der Waals surface area contributed by atoms with E-state index in [4.69, 9.17) is 28.9 Å². The molecule has 94 valence electrons. The largest absolute Gasteiger partial charge is 0.368 e. The molecule has 0 aliphatic heterocycles. The molecule has 0 radical (unpaired) electrons. The van der Waals surface area contributed by atoms with Crippen molar-refractivity contribution in [3.05, 3.63) is 40.0 Å². The second kappa shape index (κ2) is 5.55. The van der Waals surface area contributed by atoms with Gasteiger partial charge < -0.3 is 5.73 Å². The van der Waals surface area contributed by atoms with Crippen molar-refractivity contribution in [3.8, 4) is 11.3 Å². The fraction of sp³-hybridized carbons (Fsp3) is 0.231. The van der Waals surface area contributed by atoms with Gasteiger partial charge in [0, 0.05) is 11.3 Å². The number of benzene rings is 1. The summed E-state index contributed by atoms with van der Waals surface area (Å²) >= 11 is 12.2. The molecule has 0 spiro atoms. The molecule has 2 rings (SSSR count). The molecule has 0 amide bonds. The van der Waals surface area contributed by atoms with Gasteiger partial charge in [0.2, 0.25) is 5.95 Å². The molecule has 2 N–H and O–H groups in total. The van der Waals surface area contributed by atoms with Crippen LogP contribution in [0.3, 0.4) is 0 Å². The van der Waals surface area contributed by atoms with E-state index >= 15 is 0 Å². The van der Waals surface area contributed by atoms with Gasteiger partial charge in [0.15, 0.2) is 0 Å². The fourth-order valence-corrected chi connectivity index (χ4v) is 2.14. The molecule has 1 aromatic heterocycles. The predicted molar refractivity (Wildman–Crippen MR) is 75.9 cm³/mol. The topological polar surface area (TPSA) is 51.8 Å². The van der Waals surface area contributed by atoms with Crippen LogP contribution in [0.2, 0.25) is 10.0 Å². The number of nitrogens with two attached hydrogens (primary N) is 1. The lowest BCUT2D eigenvalue weighted by atomic mass is 10.1. The van der Waals surface area contributed by atoms with Gasteiger partial charge in [-0.1, -0.05) is 48.7 Å². The third kappa shape index (κ3) is 2.74. The Morgan fingerprint density at radius 2 is 2.00 bits per heavy atom. The molecule has 3 nitrogen and oxygen atoms in total. The van der Waals surface area contributed by atoms with E-state index in [0.717, 1.165) is 24.1 Å². The van der Waals surface area contributed by atoms with Gasteiger partial charge >= 0.3 is 0 Å². The number of aryl methyl sites for hydroxylation is 1. The first-order chi connectivity index (χ1) is 8.61. The van der Waals surface area contributed by atoms with Crippen molar-refractivity contribution in [3.63, 3.8) is 0 Å². The number of nitrogens with zero attached hydrogens (tertiary/aromatic N) is 2. The van der Waals surface area contributed by atoms with Crippen LogP contribution in [0, 0.1) is 0 Å². The second-order valence-corrected chi connectivity index (χ2v) is 4.74. The second-order valence-electron chi connectivity index (χ2n) is 3.95. The highest BCUT2D eigenvalue weighted by Gasteiger charge is 2.10. The van der Waals surface area contributed by atoms with Crippen molar-refractivity contribution in [2.24, 2.45) is 0 Å². The minimum absolute atomic E-state index is 0.256. The van der Waals surface area contributed by atoms with Crippen LogP contribution in [0.15, 0.2) is 24.3 Å². The molecule has 0 aliphatic rings. The van der Waals surface area contributed by atoms with Crippen LogP contribution in [-0.2, 0) is 6.42 Å². The van der Waals surface area contributed by atoms with E-state index < -0.39 is 0 Å². The van der Waals surface area contributed by atoms with Crippen LogP contribution in [-0.4, -0.2) is 9.97 Å². The van der Waals surface area contributed by atoms with Crippen LogP contribution in [0.1, 0.15) is 19.0 Å². The molecule has 0 saturated carbocycles. The van der Waals surface area contributed by atoms with E-state index in [0.29, 0.717) is 15.7 Å². The molecule has 18 heavy (non-hydrogen) atoms. The van der Waals surface area contributed by atoms with Crippen molar-refractivity contribution in [1.29, 1.82) is 0 Å². The highest BCUT2D eigenvalue weighted by Crippen LogP contribution is 2.32. The van der Waals surface area contributed by atoms with Crippen molar-refractivity contribution < 1.29 is 0 Å². The van der Waals surface area contributed by atoms with Gasteiger partial charge in [0.1, 0.15) is 0 Å². The third-order valence-corrected chi connectivity index (χ3v) is 3.35. The average molecular weight is 282 g/mol. The van der Waals surface area contributed by atoms with Crippen LogP contribution in [0.4, 0.5) is 5.95 Å². The quantitative estimate of drug-likeness (QED) is 0.926. The Kier molecular flexibility index (Phi) is 4.04. The standard InChI is InChI=1S/C13H13Cl2N3/c1-2-4-8-7-11(18-13(16)17-8)9-5-3-6-10(14)12(9)15/h3,5-7H,2,4H2,1H3,(H2,16,17,18). The van der Waals surface area contributed by atoms with Crippen molar-refractivity contribution in [2.75, 3.05) is 5.73 Å². The van der Waals surface area contributed by atoms with Gasteiger partial charge in [0.25, 0.3) is 0 Å². The summed E-state index contributed by atoms with van der Waals surface area (Å²) in [5, 5.41) is 0.989. The molecular formula is C13H13Cl2N3. The van der Waals surface area contributed by atoms with E-state index in [9.17, 15) is 0 Å². The molecule has 0 fully saturated rings. The van der Waals surface area contributed by atoms with E-state index in [2.05, 4.69) is 16.9 Å². The summed E-state index contributed by atoms with van der Waals surface area (Å²) in [6.45, 7) is 2.09. The molecule has 0 bridgehead atoms. The van der Waals surface area contributed by atoms with E-state index in [1.54, 1.807) is 6.07 Å². The van der Waals surface area contributed by atoms with Crippen LogP contribution >= 0.6 is 23.2 Å². The van der Waals surface area contributed by atoms with E-state index in [1.165, 1.54) is 0 Å². The Balaban J connectivity index is 2.53. The van der Waals surface area contributed by atoms with Gasteiger partial charge in [-0.3, -0.25) is 0 Å². The number of nitrogen functional groups attached to an aromatic ring is 1. The summed E-state index contributed by atoms with van der Waals surface area (Å²) in [7, 11) is 0. The number of rotatable bonds is 3. The highest BCUT2D eigenvalue weighted by atomic mass is 35.5. The van der Waals surface area contributed by atoms with Crippen LogP contribution in [0.25, 0.3) is 11.3 Å². The van der Waals surface area contributed by atoms with Gasteiger partial charge in [0.05, 0.1) is 15.7 Å². The molecule has 1 heterocycles. The molecule has 0 unspecified atom stereocenters. The fourth-order valence-electron chi connectivity index (χ4n) is 1.74. The van der Waals surface area contributed by atoms with Crippen LogP contribution in [0.5, 0.6) is 0 Å². The zero-order chi connectivity index (χ0) is 13.1. The average Bonchev–Trinajstić information content (AvgIpc) is 2.32. The molecule has 0 saturated heterocycles. The van der Waals surface area contributed by atoms with Gasteiger partial charge in [-0.15, -0.1) is 0 Å². The molecule has 0 atom stereocenters. The number of hydrogen-bond donors (Lipinski definition) is 1. The first-order valence-corrected chi connectivity index (χ1v) is 6.45. The van der Waals surface area contributed by atoms with E-state index in [1.807, 2.05) is 18.2 Å². The Labute approximate surface area is 116 Å². The third-order valence-electron chi connectivity index (χ3n) is 2.53. The zero-order valence-electron chi connectivity index (χ0n) is 9.95. The Morgan fingerprint density at radius 3 is 2.72 bits per heavy atom. The summed E-state index contributed by atoms with van der Waals surface area (Å²) in [4.78, 5) is 8.40. The maximum absolute atomic E-state index is 6.18. The lowest BCUT2D eigenvalue weighted by Gasteiger charge is -2.07. The van der Waals surface area contributed by atoms with Gasteiger partial charge in [-0.25, -0.2) is 9.97 Å². The van der Waals surface area contributed by atoms with Crippen molar-refractivity contribution >= 4 is 29.2 Å². The first-order valence-electron chi connectivity index (χ1n) is 5.69. The molecule has 2 aromatic rings. The van der Waals surface area contributed by atoms with Gasteiger partial charge in [-0.05, 0) is 18.6 Å². The number of halogens is 2. The summed E-state index contributed by atoms with van der Waals surface area (Å²) in [5.74, 6) is 0.256. The minimum atomic E-state index is 0.256. The number of anilines is 1. The smallest absolute Gasteiger partial charge is 0.220 e. The predicted octanol–water partition coefficient (Wildman–Crippen LogP) is 3.99. The van der Waals surface area contributed by atoms with Gasteiger partial charge in [-0.2, -0.15) is 0 Å². The molecular weight excluding hydrogens is 269 g/mol. The number of hydrogen-bond acceptors (Lipinski definition) is 3. The summed E-state index contributed by atoms with van der Waals surface area (Å²) in [6, 6.07) is 7.34. The lowest BCUT2D eigenvalue weighted by molar-refractivity contribution is 0.877. The minimum Gasteiger partial charge on any atom is -0.368 e. The lowest BCUT2D eigenvalue weighted by Crippen LogP contribution is -2.01. The zero-order valence-corrected chi connectivity index (χ0v) is 11.5. The monoisotopic (exact) mass is 281 g/mol. The maximum atomic E-state index is 6.18. The highest BCUT2D eigenvalue weighted by molar-refractivity contribution is 6.43. The van der Waals surface area contributed by atoms with Crippen molar-refractivity contribution in [1.82, 2.24) is 9.97 Å². The molecule has 1 aromatic carbocycles. The summed E-state index contributed by atoms with van der Waals surface area (Å²) < 4.78 is 0. The SMILES string of the molecule is CCCc1cc(-c2cccc(Cl)c2Cl)nc(N)n1. The van der Waals surface area contributed by atoms with Crippen LogP contribution < -0.4 is 5.73 Å². The first kappa shape index (κ1) is 13.1. The molecule has 5 heteroatoms. The summed E-state index contributed by atoms with van der Waals surface area (Å²) in [6.07, 6.45) is 1.86. The Hall–Kier alpha value is -1.32. The normalized spacial score (nSPS) is 10.6. The van der Waals surface area contributed by atoms with E-state index in [-0.39, 0.29) is 5.95 Å². The number of aromatic nitrogens is 2. The Morgan fingerprint density at radius 1 is 1.22 bits per heavy atom. The Bertz CT molecular complexity index is 570. The summed E-state index contributed by atoms with van der Waals surface area (Å²) in [5.41, 5.74) is 8.11.